The maximum atomic E-state index is 13.4. The van der Waals surface area contributed by atoms with Crippen molar-refractivity contribution in [2.24, 2.45) is 5.14 Å². The molecule has 0 unspecified atom stereocenters. The summed E-state index contributed by atoms with van der Waals surface area (Å²) >= 11 is 0. The van der Waals surface area contributed by atoms with Crippen molar-refractivity contribution >= 4 is 27.3 Å². The highest BCUT2D eigenvalue weighted by Gasteiger charge is 2.31. The van der Waals surface area contributed by atoms with Gasteiger partial charge in [0.2, 0.25) is 0 Å². The summed E-state index contributed by atoms with van der Waals surface area (Å²) in [7, 11) is -4.21. The Balaban J connectivity index is 1.60. The van der Waals surface area contributed by atoms with Gasteiger partial charge in [-0.15, -0.1) is 0 Å². The van der Waals surface area contributed by atoms with Gasteiger partial charge in [0.05, 0.1) is 16.8 Å². The summed E-state index contributed by atoms with van der Waals surface area (Å²) in [5, 5.41) is 7.59. The molecule has 0 radical (unpaired) electrons. The third-order valence-corrected chi connectivity index (χ3v) is 7.15. The van der Waals surface area contributed by atoms with Crippen LogP contribution in [0.4, 0.5) is 28.9 Å². The molecule has 1 amide bonds. The van der Waals surface area contributed by atoms with E-state index in [1.54, 1.807) is 17.0 Å². The van der Waals surface area contributed by atoms with Crippen molar-refractivity contribution in [2.45, 2.75) is 36.9 Å². The quantitative estimate of drug-likeness (QED) is 0.449. The van der Waals surface area contributed by atoms with Crippen LogP contribution < -0.4 is 10.5 Å². The minimum absolute atomic E-state index is 0.0481. The fourth-order valence-electron chi connectivity index (χ4n) is 4.31. The van der Waals surface area contributed by atoms with E-state index in [-0.39, 0.29) is 34.2 Å². The van der Waals surface area contributed by atoms with Gasteiger partial charge in [-0.05, 0) is 67.1 Å². The Morgan fingerprint density at radius 2 is 1.70 bits per heavy atom. The lowest BCUT2D eigenvalue weighted by atomic mass is 9.89. The number of primary sulfonamides is 1. The van der Waals surface area contributed by atoms with E-state index in [0.717, 1.165) is 30.0 Å². The van der Waals surface area contributed by atoms with Gasteiger partial charge < -0.3 is 10.2 Å². The fraction of sp³-hybridized carbons (Fsp3) is 0.280. The fourth-order valence-corrected chi connectivity index (χ4v) is 4.79. The zero-order valence-corrected chi connectivity index (χ0v) is 20.5. The standard InChI is InChI=1S/C25H24F4N4O3S/c1-15-12-18(25(27,28)29)4-7-21(15)32-22-13-23(37(30,35)36)31-14-20(22)24(34)33-10-8-17(9-11-33)16-2-5-19(26)6-3-16/h2-7,12-14,17H,8-11H2,1H3,(H,31,32)(H2,30,35,36). The highest BCUT2D eigenvalue weighted by atomic mass is 32.2. The molecule has 0 aliphatic carbocycles. The maximum Gasteiger partial charge on any atom is 0.416 e. The molecule has 1 aromatic heterocycles. The average Bonchev–Trinajstić information content (AvgIpc) is 2.84. The first-order valence-corrected chi connectivity index (χ1v) is 12.9. The monoisotopic (exact) mass is 536 g/mol. The first-order chi connectivity index (χ1) is 17.3. The Labute approximate surface area is 211 Å². The molecule has 0 bridgehead atoms. The summed E-state index contributed by atoms with van der Waals surface area (Å²) in [4.78, 5) is 18.8. The Morgan fingerprint density at radius 1 is 1.05 bits per heavy atom. The van der Waals surface area contributed by atoms with E-state index in [4.69, 9.17) is 5.14 Å². The number of rotatable bonds is 5. The molecule has 2 aromatic carbocycles. The number of benzene rings is 2. The van der Waals surface area contributed by atoms with Crippen LogP contribution in [0.15, 0.2) is 59.8 Å². The Morgan fingerprint density at radius 3 is 2.27 bits per heavy atom. The summed E-state index contributed by atoms with van der Waals surface area (Å²) < 4.78 is 76.2. The summed E-state index contributed by atoms with van der Waals surface area (Å²) in [6.07, 6.45) is -2.15. The number of hydrogen-bond donors (Lipinski definition) is 2. The predicted molar refractivity (Wildman–Crippen MR) is 129 cm³/mol. The van der Waals surface area contributed by atoms with Gasteiger partial charge in [-0.1, -0.05) is 12.1 Å². The van der Waals surface area contributed by atoms with E-state index >= 15 is 0 Å². The topological polar surface area (TPSA) is 105 Å². The Bertz CT molecular complexity index is 1420. The number of nitrogens with one attached hydrogen (secondary N) is 1. The minimum atomic E-state index is -4.53. The maximum absolute atomic E-state index is 13.4. The van der Waals surface area contributed by atoms with Crippen LogP contribution in [-0.4, -0.2) is 37.3 Å². The number of alkyl halides is 3. The smallest absolute Gasteiger partial charge is 0.355 e. The number of aromatic nitrogens is 1. The SMILES string of the molecule is Cc1cc(C(F)(F)F)ccc1Nc1cc(S(N)(=O)=O)ncc1C(=O)N1CCC(c2ccc(F)cc2)CC1. The zero-order chi connectivity index (χ0) is 27.0. The first kappa shape index (κ1) is 26.6. The second-order valence-electron chi connectivity index (χ2n) is 8.88. The molecule has 12 heteroatoms. The average molecular weight is 537 g/mol. The summed E-state index contributed by atoms with van der Waals surface area (Å²) in [6, 6.07) is 10.4. The molecule has 7 nitrogen and oxygen atoms in total. The lowest BCUT2D eigenvalue weighted by molar-refractivity contribution is -0.137. The number of pyridine rings is 1. The Hall–Kier alpha value is -3.51. The molecule has 3 N–H and O–H groups in total. The van der Waals surface area contributed by atoms with E-state index in [0.29, 0.717) is 25.9 Å². The van der Waals surface area contributed by atoms with Crippen LogP contribution in [0.5, 0.6) is 0 Å². The molecular formula is C25H24F4N4O3S. The molecule has 2 heterocycles. The van der Waals surface area contributed by atoms with Crippen molar-refractivity contribution < 1.29 is 30.8 Å². The number of hydrogen-bond acceptors (Lipinski definition) is 5. The molecule has 1 saturated heterocycles. The number of aryl methyl sites for hydroxylation is 1. The number of halogens is 4. The van der Waals surface area contributed by atoms with E-state index in [2.05, 4.69) is 10.3 Å². The van der Waals surface area contributed by atoms with Crippen LogP contribution in [-0.2, 0) is 16.2 Å². The molecule has 1 aliphatic rings. The van der Waals surface area contributed by atoms with E-state index in [1.807, 2.05) is 0 Å². The van der Waals surface area contributed by atoms with E-state index in [9.17, 15) is 30.8 Å². The van der Waals surface area contributed by atoms with Gasteiger partial charge in [0, 0.05) is 31.0 Å². The third-order valence-electron chi connectivity index (χ3n) is 6.35. The van der Waals surface area contributed by atoms with Crippen molar-refractivity contribution in [3.63, 3.8) is 0 Å². The van der Waals surface area contributed by atoms with Crippen molar-refractivity contribution in [2.75, 3.05) is 18.4 Å². The lowest BCUT2D eigenvalue weighted by Gasteiger charge is -2.32. The van der Waals surface area contributed by atoms with Crippen molar-refractivity contribution in [1.29, 1.82) is 0 Å². The van der Waals surface area contributed by atoms with Gasteiger partial charge in [-0.3, -0.25) is 4.79 Å². The first-order valence-electron chi connectivity index (χ1n) is 11.4. The molecule has 0 spiro atoms. The van der Waals surface area contributed by atoms with Gasteiger partial charge in [0.15, 0.2) is 5.03 Å². The number of nitrogens with two attached hydrogens (primary N) is 1. The lowest BCUT2D eigenvalue weighted by Crippen LogP contribution is -2.38. The molecule has 3 aromatic rings. The molecule has 1 aliphatic heterocycles. The zero-order valence-electron chi connectivity index (χ0n) is 19.7. The Kier molecular flexibility index (Phi) is 7.24. The highest BCUT2D eigenvalue weighted by Crippen LogP contribution is 2.34. The number of likely N-dealkylation sites (tertiary alicyclic amines) is 1. The number of nitrogens with zero attached hydrogens (tertiary/aromatic N) is 2. The number of carbonyl (C=O) groups excluding carboxylic acids is 1. The summed E-state index contributed by atoms with van der Waals surface area (Å²) in [5.41, 5.74) is 0.731. The van der Waals surface area contributed by atoms with Gasteiger partial charge in [-0.25, -0.2) is 22.9 Å². The molecular weight excluding hydrogens is 512 g/mol. The van der Waals surface area contributed by atoms with Crippen LogP contribution in [0.2, 0.25) is 0 Å². The number of carbonyl (C=O) groups is 1. The second kappa shape index (κ2) is 10.1. The molecule has 0 atom stereocenters. The van der Waals surface area contributed by atoms with Crippen molar-refractivity contribution in [3.05, 3.63) is 82.8 Å². The van der Waals surface area contributed by atoms with Crippen molar-refractivity contribution in [3.8, 4) is 0 Å². The van der Waals surface area contributed by atoms with Gasteiger partial charge in [0.25, 0.3) is 15.9 Å². The predicted octanol–water partition coefficient (Wildman–Crippen LogP) is 4.96. The molecule has 1 fully saturated rings. The number of anilines is 2. The van der Waals surface area contributed by atoms with E-state index in [1.165, 1.54) is 25.1 Å². The van der Waals surface area contributed by atoms with Gasteiger partial charge in [-0.2, -0.15) is 13.2 Å². The molecule has 0 saturated carbocycles. The van der Waals surface area contributed by atoms with Crippen LogP contribution in [0, 0.1) is 12.7 Å². The minimum Gasteiger partial charge on any atom is -0.355 e. The van der Waals surface area contributed by atoms with Crippen LogP contribution in [0.1, 0.15) is 45.8 Å². The third kappa shape index (κ3) is 6.08. The number of piperidine rings is 1. The number of sulfonamides is 1. The number of amides is 1. The highest BCUT2D eigenvalue weighted by molar-refractivity contribution is 7.89. The second-order valence-corrected chi connectivity index (χ2v) is 10.4. The summed E-state index contributed by atoms with van der Waals surface area (Å²) in [5.74, 6) is -0.590. The van der Waals surface area contributed by atoms with Crippen LogP contribution in [0.3, 0.4) is 0 Å². The van der Waals surface area contributed by atoms with E-state index < -0.39 is 32.7 Å². The molecule has 4 rings (SSSR count). The van der Waals surface area contributed by atoms with Crippen LogP contribution >= 0.6 is 0 Å². The van der Waals surface area contributed by atoms with Crippen molar-refractivity contribution in [1.82, 2.24) is 9.88 Å². The summed E-state index contributed by atoms with van der Waals surface area (Å²) in [6.45, 7) is 2.26. The molecule has 37 heavy (non-hydrogen) atoms. The van der Waals surface area contributed by atoms with Gasteiger partial charge >= 0.3 is 6.18 Å². The van der Waals surface area contributed by atoms with Crippen LogP contribution in [0.25, 0.3) is 0 Å². The molecule has 196 valence electrons. The largest absolute Gasteiger partial charge is 0.416 e. The van der Waals surface area contributed by atoms with Gasteiger partial charge in [0.1, 0.15) is 5.82 Å². The normalized spacial score (nSPS) is 15.0.